The Morgan fingerprint density at radius 3 is 2.66 bits per heavy atom. The summed E-state index contributed by atoms with van der Waals surface area (Å²) in [5, 5.41) is 4.56. The maximum atomic E-state index is 14.5. The molecule has 180 valence electrons. The van der Waals surface area contributed by atoms with Gasteiger partial charge < -0.3 is 25.7 Å². The second-order valence-corrected chi connectivity index (χ2v) is 10.2. The van der Waals surface area contributed by atoms with E-state index in [9.17, 15) is 4.39 Å². The number of nitrogens with zero attached hydrogens (tertiary/aromatic N) is 5. The Morgan fingerprint density at radius 2 is 2.00 bits per heavy atom. The van der Waals surface area contributed by atoms with Gasteiger partial charge in [0.05, 0.1) is 29.0 Å². The van der Waals surface area contributed by atoms with E-state index in [-0.39, 0.29) is 23.3 Å². The number of anilines is 2. The zero-order chi connectivity index (χ0) is 23.7. The van der Waals surface area contributed by atoms with Gasteiger partial charge >= 0.3 is 6.01 Å². The largest absolute Gasteiger partial charge is 0.421 e. The third-order valence-electron chi connectivity index (χ3n) is 7.98. The number of aromatic nitrogens is 5. The van der Waals surface area contributed by atoms with Crippen molar-refractivity contribution in [2.45, 2.75) is 44.1 Å². The van der Waals surface area contributed by atoms with Gasteiger partial charge in [0.15, 0.2) is 5.75 Å². The molecule has 0 bridgehead atoms. The number of rotatable bonds is 5. The molecule has 1 aliphatic heterocycles. The molecule has 10 heteroatoms. The summed E-state index contributed by atoms with van der Waals surface area (Å²) < 4.78 is 20.5. The molecule has 7 rings (SSSR count). The monoisotopic (exact) mass is 474 g/mol. The van der Waals surface area contributed by atoms with Gasteiger partial charge in [-0.15, -0.1) is 0 Å². The van der Waals surface area contributed by atoms with Crippen LogP contribution in [0.25, 0.3) is 21.9 Å². The molecule has 9 nitrogen and oxygen atoms in total. The van der Waals surface area contributed by atoms with Crippen molar-refractivity contribution >= 4 is 33.4 Å². The van der Waals surface area contributed by atoms with Gasteiger partial charge in [-0.05, 0) is 37.8 Å². The van der Waals surface area contributed by atoms with Gasteiger partial charge in [0.1, 0.15) is 23.1 Å². The summed E-state index contributed by atoms with van der Waals surface area (Å²) in [5.74, 6) is 2.17. The second kappa shape index (κ2) is 7.48. The summed E-state index contributed by atoms with van der Waals surface area (Å²) in [6.45, 7) is 1.51. The molecule has 4 heterocycles. The van der Waals surface area contributed by atoms with Gasteiger partial charge in [-0.3, -0.25) is 0 Å². The molecule has 1 saturated heterocycles. The number of hydrogen-bond donors (Lipinski definition) is 3. The molecule has 35 heavy (non-hydrogen) atoms. The normalized spacial score (nSPS) is 21.1. The van der Waals surface area contributed by atoms with Crippen LogP contribution in [0.15, 0.2) is 24.5 Å². The third kappa shape index (κ3) is 3.30. The standard InChI is InChI=1S/C25H27FN8O/c1-28-17-8-14(26)7-16-19-22(31-20(16)17)32-24(33-23(19)34-11-18(27)25(12-34)5-6-25)35-15-9-29-21(30-10-15)13-3-2-4-13/h7-10,13,18,28H,2-6,11-12,27H2,1H3,(H,31,32,33)/t18-/m0/s1. The van der Waals surface area contributed by atoms with E-state index in [1.165, 1.54) is 18.6 Å². The van der Waals surface area contributed by atoms with Crippen LogP contribution < -0.4 is 20.7 Å². The Kier molecular flexibility index (Phi) is 4.45. The van der Waals surface area contributed by atoms with Crippen LogP contribution in [0, 0.1) is 11.2 Å². The van der Waals surface area contributed by atoms with Gasteiger partial charge in [-0.1, -0.05) is 6.42 Å². The van der Waals surface area contributed by atoms with Gasteiger partial charge in [-0.25, -0.2) is 14.4 Å². The molecular formula is C25H27FN8O. The lowest BCUT2D eigenvalue weighted by atomic mass is 9.85. The summed E-state index contributed by atoms with van der Waals surface area (Å²) in [5.41, 5.74) is 8.67. The number of H-pyrrole nitrogens is 1. The first-order chi connectivity index (χ1) is 17.0. The van der Waals surface area contributed by atoms with Crippen molar-refractivity contribution in [1.82, 2.24) is 24.9 Å². The molecule has 1 spiro atoms. The molecular weight excluding hydrogens is 447 g/mol. The third-order valence-corrected chi connectivity index (χ3v) is 7.98. The summed E-state index contributed by atoms with van der Waals surface area (Å²) >= 11 is 0. The molecule has 4 N–H and O–H groups in total. The first-order valence-electron chi connectivity index (χ1n) is 12.2. The first-order valence-corrected chi connectivity index (χ1v) is 12.2. The topological polar surface area (TPSA) is 118 Å². The highest BCUT2D eigenvalue weighted by Gasteiger charge is 2.54. The van der Waals surface area contributed by atoms with Crippen molar-refractivity contribution in [3.63, 3.8) is 0 Å². The lowest BCUT2D eigenvalue weighted by Crippen LogP contribution is -2.30. The molecule has 3 aliphatic rings. The minimum absolute atomic E-state index is 0.0825. The minimum atomic E-state index is -0.325. The van der Waals surface area contributed by atoms with Crippen LogP contribution >= 0.6 is 0 Å². The molecule has 3 aromatic heterocycles. The van der Waals surface area contributed by atoms with Gasteiger partial charge in [0, 0.05) is 42.9 Å². The van der Waals surface area contributed by atoms with E-state index >= 15 is 0 Å². The maximum Gasteiger partial charge on any atom is 0.326 e. The van der Waals surface area contributed by atoms with E-state index in [0.717, 1.165) is 54.3 Å². The summed E-state index contributed by atoms with van der Waals surface area (Å²) in [6, 6.07) is 3.27. The van der Waals surface area contributed by atoms with Crippen LogP contribution in [0.4, 0.5) is 15.9 Å². The number of nitrogens with one attached hydrogen (secondary N) is 2. The highest BCUT2D eigenvalue weighted by atomic mass is 19.1. The smallest absolute Gasteiger partial charge is 0.326 e. The number of hydrogen-bond acceptors (Lipinski definition) is 8. The molecule has 4 aromatic rings. The lowest BCUT2D eigenvalue weighted by Gasteiger charge is -2.23. The van der Waals surface area contributed by atoms with E-state index in [1.54, 1.807) is 19.4 Å². The minimum Gasteiger partial charge on any atom is -0.421 e. The van der Waals surface area contributed by atoms with E-state index in [2.05, 4.69) is 30.2 Å². The van der Waals surface area contributed by atoms with E-state index in [1.807, 2.05) is 0 Å². The number of aromatic amines is 1. The molecule has 2 saturated carbocycles. The number of benzene rings is 1. The summed E-state index contributed by atoms with van der Waals surface area (Å²) in [7, 11) is 1.77. The number of fused-ring (bicyclic) bond motifs is 3. The fourth-order valence-corrected chi connectivity index (χ4v) is 5.50. The Labute approximate surface area is 201 Å². The highest BCUT2D eigenvalue weighted by Crippen LogP contribution is 2.53. The van der Waals surface area contributed by atoms with Crippen LogP contribution in [0.5, 0.6) is 11.8 Å². The number of ether oxygens (including phenoxy) is 1. The maximum absolute atomic E-state index is 14.5. The van der Waals surface area contributed by atoms with E-state index in [4.69, 9.17) is 15.5 Å². The molecule has 1 aromatic carbocycles. The van der Waals surface area contributed by atoms with E-state index in [0.29, 0.717) is 35.4 Å². The van der Waals surface area contributed by atoms with Crippen LogP contribution in [-0.4, -0.2) is 51.1 Å². The molecule has 1 atom stereocenters. The SMILES string of the molecule is CNc1cc(F)cc2c1[nH]c1nc(Oc3cnc(C4CCC4)nc3)nc(N3C[C@H](N)C4(CC4)C3)c12. The van der Waals surface area contributed by atoms with Crippen LogP contribution in [0.1, 0.15) is 43.8 Å². The predicted octanol–water partition coefficient (Wildman–Crippen LogP) is 4.07. The zero-order valence-electron chi connectivity index (χ0n) is 19.5. The fraction of sp³-hybridized carbons (Fsp3) is 0.440. The summed E-state index contributed by atoms with van der Waals surface area (Å²) in [6.07, 6.45) is 9.11. The van der Waals surface area contributed by atoms with Crippen LogP contribution in [-0.2, 0) is 0 Å². The number of halogens is 1. The Balaban J connectivity index is 1.34. The van der Waals surface area contributed by atoms with Gasteiger partial charge in [-0.2, -0.15) is 9.97 Å². The average Bonchev–Trinajstić information content (AvgIpc) is 3.40. The molecule has 3 fully saturated rings. The van der Waals surface area contributed by atoms with Crippen molar-refractivity contribution in [2.24, 2.45) is 11.1 Å². The van der Waals surface area contributed by atoms with Crippen LogP contribution in [0.3, 0.4) is 0 Å². The Bertz CT molecular complexity index is 1440. The van der Waals surface area contributed by atoms with Crippen molar-refractivity contribution in [3.05, 3.63) is 36.2 Å². The molecule has 2 aliphatic carbocycles. The van der Waals surface area contributed by atoms with Crippen molar-refractivity contribution in [3.8, 4) is 11.8 Å². The molecule has 0 radical (unpaired) electrons. The second-order valence-electron chi connectivity index (χ2n) is 10.2. The fourth-order valence-electron chi connectivity index (χ4n) is 5.50. The van der Waals surface area contributed by atoms with Crippen molar-refractivity contribution < 1.29 is 9.13 Å². The van der Waals surface area contributed by atoms with Gasteiger partial charge in [0.2, 0.25) is 0 Å². The summed E-state index contributed by atoms with van der Waals surface area (Å²) in [4.78, 5) is 24.0. The first kappa shape index (κ1) is 20.8. The predicted molar refractivity (Wildman–Crippen MR) is 131 cm³/mol. The number of nitrogens with two attached hydrogens (primary N) is 1. The quantitative estimate of drug-likeness (QED) is 0.396. The highest BCUT2D eigenvalue weighted by molar-refractivity contribution is 6.14. The lowest BCUT2D eigenvalue weighted by molar-refractivity contribution is 0.396. The van der Waals surface area contributed by atoms with Crippen LogP contribution in [0.2, 0.25) is 0 Å². The van der Waals surface area contributed by atoms with E-state index < -0.39 is 0 Å². The Morgan fingerprint density at radius 1 is 1.20 bits per heavy atom. The zero-order valence-corrected chi connectivity index (χ0v) is 19.5. The molecule has 0 amide bonds. The molecule has 0 unspecified atom stereocenters. The van der Waals surface area contributed by atoms with Gasteiger partial charge in [0.25, 0.3) is 0 Å². The van der Waals surface area contributed by atoms with Crippen molar-refractivity contribution in [2.75, 3.05) is 30.4 Å². The Hall–Kier alpha value is -3.53. The van der Waals surface area contributed by atoms with Crippen molar-refractivity contribution in [1.29, 1.82) is 0 Å². The average molecular weight is 475 g/mol.